The maximum absolute atomic E-state index is 2.56. The molecule has 0 spiro atoms. The largest absolute Gasteiger partial charge is 0.309 e. The third kappa shape index (κ3) is 5.38. The van der Waals surface area contributed by atoms with E-state index in [9.17, 15) is 0 Å². The molecule has 6 heterocycles. The van der Waals surface area contributed by atoms with Gasteiger partial charge in [0, 0.05) is 71.9 Å². The predicted molar refractivity (Wildman–Crippen MR) is 290 cm³/mol. The Bertz CT molecular complexity index is 4310. The molecular weight excluding hydrogens is 877 g/mol. The fraction of sp³-hybridized carbons (Fsp3) is 0. The standard InChI is InChI=1S/C60H34N2S4/c1-2-12-38(13-3-1)61-48-19-9-6-16-42(48)45-30-35(22-26-50(45)61)39-25-27-49(41-15-5-4-14-40(39)41)62-51-33-57(36-23-28-55-46(31-36)43-17-7-10-20-53(43)63-55)65-59(51)60-52(62)34-58(66-60)37-24-29-56-47(32-37)44-18-8-11-21-54(44)64-56/h1-34H. The van der Waals surface area contributed by atoms with Gasteiger partial charge in [-0.2, -0.15) is 0 Å². The summed E-state index contributed by atoms with van der Waals surface area (Å²) in [6.07, 6.45) is 0. The number of thiophene rings is 4. The van der Waals surface area contributed by atoms with E-state index in [0.29, 0.717) is 0 Å². The summed E-state index contributed by atoms with van der Waals surface area (Å²) in [5, 5.41) is 10.3. The van der Waals surface area contributed by atoms with Crippen LogP contribution in [-0.2, 0) is 0 Å². The number of para-hydroxylation sites is 2. The lowest BCUT2D eigenvalue weighted by molar-refractivity contribution is 1.18. The minimum absolute atomic E-state index is 1.17. The number of fused-ring (bicyclic) bond motifs is 13. The Hall–Kier alpha value is -7.32. The summed E-state index contributed by atoms with van der Waals surface area (Å²) in [6.45, 7) is 0. The lowest BCUT2D eigenvalue weighted by Gasteiger charge is -2.15. The number of hydrogen-bond acceptors (Lipinski definition) is 4. The number of benzene rings is 9. The molecule has 15 rings (SSSR count). The van der Waals surface area contributed by atoms with Gasteiger partial charge in [-0.1, -0.05) is 121 Å². The number of nitrogens with zero attached hydrogens (tertiary/aromatic N) is 2. The van der Waals surface area contributed by atoms with Crippen LogP contribution in [0, 0.1) is 0 Å². The second kappa shape index (κ2) is 14.1. The molecule has 0 aliphatic carbocycles. The van der Waals surface area contributed by atoms with Crippen LogP contribution in [0.5, 0.6) is 0 Å². The molecule has 0 atom stereocenters. The van der Waals surface area contributed by atoms with Gasteiger partial charge in [0.25, 0.3) is 0 Å². The quantitative estimate of drug-likeness (QED) is 0.163. The Kier molecular flexibility index (Phi) is 7.89. The number of aromatic nitrogens is 2. The van der Waals surface area contributed by atoms with Crippen molar-refractivity contribution in [2.24, 2.45) is 0 Å². The normalized spacial score (nSPS) is 12.2. The molecule has 66 heavy (non-hydrogen) atoms. The highest BCUT2D eigenvalue weighted by Crippen LogP contribution is 2.49. The van der Waals surface area contributed by atoms with E-state index < -0.39 is 0 Å². The first-order valence-corrected chi connectivity index (χ1v) is 25.5. The van der Waals surface area contributed by atoms with Gasteiger partial charge in [0.15, 0.2) is 0 Å². The Balaban J connectivity index is 0.943. The van der Waals surface area contributed by atoms with Crippen LogP contribution in [0.15, 0.2) is 206 Å². The molecule has 9 aromatic carbocycles. The first-order chi connectivity index (χ1) is 32.7. The van der Waals surface area contributed by atoms with Crippen molar-refractivity contribution < 1.29 is 0 Å². The van der Waals surface area contributed by atoms with E-state index in [4.69, 9.17) is 0 Å². The predicted octanol–water partition coefficient (Wildman–Crippen LogP) is 18.9. The zero-order valence-electron chi connectivity index (χ0n) is 35.2. The summed E-state index contributed by atoms with van der Waals surface area (Å²) in [7, 11) is 0. The Morgan fingerprint density at radius 1 is 0.273 bits per heavy atom. The Morgan fingerprint density at radius 3 is 1.42 bits per heavy atom. The maximum atomic E-state index is 2.56. The van der Waals surface area contributed by atoms with Crippen LogP contribution in [0.4, 0.5) is 0 Å². The Morgan fingerprint density at radius 2 is 0.773 bits per heavy atom. The van der Waals surface area contributed by atoms with Crippen molar-refractivity contribution in [1.29, 1.82) is 0 Å². The summed E-state index contributed by atoms with van der Waals surface area (Å²) in [6, 6.07) is 76.9. The average Bonchev–Trinajstić information content (AvgIpc) is 4.23. The van der Waals surface area contributed by atoms with Gasteiger partial charge in [-0.3, -0.25) is 0 Å². The highest BCUT2D eigenvalue weighted by atomic mass is 32.1. The van der Waals surface area contributed by atoms with E-state index in [-0.39, 0.29) is 0 Å². The smallest absolute Gasteiger partial charge is 0.0711 e. The van der Waals surface area contributed by atoms with Crippen molar-refractivity contribution in [2.75, 3.05) is 0 Å². The third-order valence-corrected chi connectivity index (χ3v) is 18.4. The molecule has 0 aliphatic heterocycles. The second-order valence-corrected chi connectivity index (χ2v) is 21.5. The van der Waals surface area contributed by atoms with Gasteiger partial charge in [-0.15, -0.1) is 45.3 Å². The first-order valence-electron chi connectivity index (χ1n) is 22.2. The molecule has 0 fully saturated rings. The molecule has 6 heteroatoms. The topological polar surface area (TPSA) is 9.86 Å². The van der Waals surface area contributed by atoms with Gasteiger partial charge in [0.2, 0.25) is 0 Å². The van der Waals surface area contributed by atoms with E-state index in [1.165, 1.54) is 137 Å². The van der Waals surface area contributed by atoms with Gasteiger partial charge >= 0.3 is 0 Å². The average molecular weight is 911 g/mol. The first kappa shape index (κ1) is 37.0. The summed E-state index contributed by atoms with van der Waals surface area (Å²) in [5.41, 5.74) is 12.3. The molecule has 308 valence electrons. The molecule has 15 aromatic rings. The van der Waals surface area contributed by atoms with Crippen LogP contribution >= 0.6 is 45.3 Å². The molecule has 6 aromatic heterocycles. The van der Waals surface area contributed by atoms with Crippen LogP contribution in [0.3, 0.4) is 0 Å². The van der Waals surface area contributed by atoms with Crippen LogP contribution in [0.25, 0.3) is 137 Å². The third-order valence-electron chi connectivity index (χ3n) is 13.6. The maximum Gasteiger partial charge on any atom is 0.0711 e. The SMILES string of the molecule is c1ccc(-n2c3ccccc3c3cc(-c4ccc(-n5c6cc(-c7ccc8sc9ccccc9c8c7)sc6c6sc(-c7ccc8sc9ccccc9c8c7)cc65)c5ccccc45)ccc32)cc1. The van der Waals surface area contributed by atoms with Crippen LogP contribution in [0.1, 0.15) is 0 Å². The molecule has 0 saturated heterocycles. The lowest BCUT2D eigenvalue weighted by Crippen LogP contribution is -1.96. The molecule has 0 radical (unpaired) electrons. The molecule has 0 saturated carbocycles. The summed E-state index contributed by atoms with van der Waals surface area (Å²) in [5.74, 6) is 0. The fourth-order valence-electron chi connectivity index (χ4n) is 10.6. The van der Waals surface area contributed by atoms with E-state index in [0.717, 1.165) is 0 Å². The monoisotopic (exact) mass is 910 g/mol. The van der Waals surface area contributed by atoms with Crippen molar-refractivity contribution >= 4 is 139 Å². The second-order valence-electron chi connectivity index (χ2n) is 17.2. The Labute approximate surface area is 394 Å². The van der Waals surface area contributed by atoms with Gasteiger partial charge < -0.3 is 9.13 Å². The molecule has 2 nitrogen and oxygen atoms in total. The number of rotatable bonds is 5. The molecule has 0 N–H and O–H groups in total. The zero-order valence-corrected chi connectivity index (χ0v) is 38.4. The summed E-state index contributed by atoms with van der Waals surface area (Å²) >= 11 is 7.61. The van der Waals surface area contributed by atoms with E-state index in [2.05, 4.69) is 215 Å². The number of hydrogen-bond donors (Lipinski definition) is 0. The van der Waals surface area contributed by atoms with Gasteiger partial charge in [0.05, 0.1) is 37.2 Å². The molecule has 0 amide bonds. The zero-order chi connectivity index (χ0) is 43.0. The van der Waals surface area contributed by atoms with Crippen LogP contribution in [0.2, 0.25) is 0 Å². The van der Waals surface area contributed by atoms with Crippen molar-refractivity contribution in [3.8, 4) is 43.4 Å². The van der Waals surface area contributed by atoms with Gasteiger partial charge in [-0.05, 0) is 113 Å². The van der Waals surface area contributed by atoms with Gasteiger partial charge in [-0.25, -0.2) is 0 Å². The molecule has 0 bridgehead atoms. The van der Waals surface area contributed by atoms with Crippen LogP contribution < -0.4 is 0 Å². The molecule has 0 aliphatic rings. The molecular formula is C60H34N2S4. The minimum atomic E-state index is 1.17. The van der Waals surface area contributed by atoms with Crippen molar-refractivity contribution in [1.82, 2.24) is 9.13 Å². The van der Waals surface area contributed by atoms with Crippen molar-refractivity contribution in [2.45, 2.75) is 0 Å². The highest BCUT2D eigenvalue weighted by molar-refractivity contribution is 7.30. The van der Waals surface area contributed by atoms with E-state index in [1.54, 1.807) is 0 Å². The van der Waals surface area contributed by atoms with E-state index in [1.807, 2.05) is 45.3 Å². The van der Waals surface area contributed by atoms with Crippen molar-refractivity contribution in [3.05, 3.63) is 206 Å². The van der Waals surface area contributed by atoms with Crippen molar-refractivity contribution in [3.63, 3.8) is 0 Å². The minimum Gasteiger partial charge on any atom is -0.309 e. The lowest BCUT2D eigenvalue weighted by atomic mass is 9.95. The van der Waals surface area contributed by atoms with E-state index >= 15 is 0 Å². The van der Waals surface area contributed by atoms with Crippen LogP contribution in [-0.4, -0.2) is 9.13 Å². The summed E-state index contributed by atoms with van der Waals surface area (Å²) in [4.78, 5) is 2.58. The molecule has 0 unspecified atom stereocenters. The summed E-state index contributed by atoms with van der Waals surface area (Å²) < 4.78 is 13.0. The fourth-order valence-corrected chi connectivity index (χ4v) is 15.2. The van der Waals surface area contributed by atoms with Gasteiger partial charge in [0.1, 0.15) is 0 Å². The highest BCUT2D eigenvalue weighted by Gasteiger charge is 2.23.